The van der Waals surface area contributed by atoms with Crippen molar-refractivity contribution in [3.05, 3.63) is 12.7 Å². The maximum atomic E-state index is 7.76. The zero-order valence-electron chi connectivity index (χ0n) is 4.44. The van der Waals surface area contributed by atoms with E-state index < -0.39 is 0 Å². The van der Waals surface area contributed by atoms with Crippen LogP contribution in [0.1, 0.15) is 0 Å². The normalized spacial score (nSPS) is 5.33. The van der Waals surface area contributed by atoms with Crippen molar-refractivity contribution in [3.8, 4) is 0 Å². The van der Waals surface area contributed by atoms with Gasteiger partial charge in [0.25, 0.3) is 0 Å². The number of aliphatic hydroxyl groups is 1. The molecule has 6 heavy (non-hydrogen) atoms. The van der Waals surface area contributed by atoms with Crippen LogP contribution in [0.25, 0.3) is 0 Å². The molecule has 1 N–H and O–H groups in total. The molecule has 0 bridgehead atoms. The van der Waals surface area contributed by atoms with Gasteiger partial charge in [-0.2, -0.15) is 0 Å². The third kappa shape index (κ3) is 18.4. The minimum atomic E-state index is 0.0833. The maximum absolute atomic E-state index is 7.76. The van der Waals surface area contributed by atoms with Crippen LogP contribution < -0.4 is 0 Å². The van der Waals surface area contributed by atoms with Crippen LogP contribution >= 0.6 is 0 Å². The molecule has 0 aliphatic rings. The molecular formula is C4H9KO. The summed E-state index contributed by atoms with van der Waals surface area (Å²) in [6, 6.07) is 0. The predicted molar refractivity (Wildman–Crippen MR) is 28.9 cm³/mol. The summed E-state index contributed by atoms with van der Waals surface area (Å²) in [5, 5.41) is 7.76. The van der Waals surface area contributed by atoms with Gasteiger partial charge in [-0.3, -0.25) is 0 Å². The van der Waals surface area contributed by atoms with Crippen LogP contribution in [0.4, 0.5) is 0 Å². The summed E-state index contributed by atoms with van der Waals surface area (Å²) in [6.45, 7) is 3.31. The van der Waals surface area contributed by atoms with Crippen LogP contribution in [0, 0.1) is 0 Å². The van der Waals surface area contributed by atoms with Crippen molar-refractivity contribution >= 4 is 49.0 Å². The molecule has 0 aromatic carbocycles. The van der Waals surface area contributed by atoms with Crippen LogP contribution in [-0.4, -0.2) is 60.7 Å². The van der Waals surface area contributed by atoms with Crippen molar-refractivity contribution in [2.24, 2.45) is 0 Å². The molecule has 0 atom stereocenters. The molecule has 0 aromatic rings. The van der Waals surface area contributed by atoms with E-state index in [9.17, 15) is 0 Å². The zero-order valence-corrected chi connectivity index (χ0v) is 7.56. The first-order valence-electron chi connectivity index (χ1n) is 2.13. The molecule has 0 aromatic heterocycles. The number of rotatable bonds is 1. The Kier molecular flexibility index (Phi) is 27.9. The molecule has 0 aliphatic carbocycles. The molecule has 32 valence electrons. The second-order valence-electron chi connectivity index (χ2n) is 0.471. The number of aliphatic hydroxyl groups excluding tert-OH is 1. The topological polar surface area (TPSA) is 20.2 Å². The summed E-state index contributed by atoms with van der Waals surface area (Å²) in [7, 11) is 0. The second kappa shape index (κ2) is 16.2. The monoisotopic (exact) mass is 112 g/mol. The van der Waals surface area contributed by atoms with Crippen molar-refractivity contribution in [1.82, 2.24) is 0 Å². The Bertz CT molecular complexity index is 21.5. The van der Waals surface area contributed by atoms with Crippen LogP contribution in [0.2, 0.25) is 1.02 Å². The molecule has 1 nitrogen and oxygen atoms in total. The Balaban J connectivity index is 0. The van der Waals surface area contributed by atoms with Gasteiger partial charge in [-0.25, -0.2) is 0 Å². The molecule has 0 saturated carbocycles. The molecule has 0 heterocycles. The van der Waals surface area contributed by atoms with Crippen LogP contribution in [-0.2, 0) is 0 Å². The van der Waals surface area contributed by atoms with E-state index in [0.717, 1.165) is 49.0 Å². The van der Waals surface area contributed by atoms with Crippen molar-refractivity contribution in [2.75, 3.05) is 6.61 Å². The summed E-state index contributed by atoms with van der Waals surface area (Å²) in [5.74, 6) is 0. The van der Waals surface area contributed by atoms with Crippen molar-refractivity contribution in [2.45, 2.75) is 1.02 Å². The van der Waals surface area contributed by atoms with Crippen molar-refractivity contribution < 1.29 is 5.11 Å². The van der Waals surface area contributed by atoms with Crippen molar-refractivity contribution in [1.29, 1.82) is 0 Å². The van der Waals surface area contributed by atoms with E-state index in [4.69, 9.17) is 5.11 Å². The standard InChI is InChI=1S/C3H6O.CH3.K/c1-2-3-4;;/h2,4H,1,3H2;1H3;. The Morgan fingerprint density at radius 2 is 2.00 bits per heavy atom. The van der Waals surface area contributed by atoms with E-state index in [2.05, 4.69) is 7.60 Å². The Morgan fingerprint density at radius 1 is 1.83 bits per heavy atom. The number of hydrogen-bond acceptors (Lipinski definition) is 1. The summed E-state index contributed by atoms with van der Waals surface area (Å²) in [6.07, 6.45) is 1.43. The van der Waals surface area contributed by atoms with E-state index in [1.54, 1.807) is 0 Å². The fraction of sp³-hybridized carbons (Fsp3) is 0.500. The molecular weight excluding hydrogens is 103 g/mol. The quantitative estimate of drug-likeness (QED) is 0.384. The molecule has 0 unspecified atom stereocenters. The van der Waals surface area contributed by atoms with Gasteiger partial charge in [0.05, 0.1) is 6.61 Å². The minimum absolute atomic E-state index is 0.0833. The third-order valence-electron chi connectivity index (χ3n) is 0.129. The molecule has 0 fully saturated rings. The first-order valence-corrected chi connectivity index (χ1v) is 5.26. The predicted octanol–water partition coefficient (Wildman–Crippen LogP) is 0.368. The van der Waals surface area contributed by atoms with Gasteiger partial charge in [0, 0.05) is 0 Å². The average Bonchev–Trinajstić information content (AvgIpc) is 1.72. The second-order valence-corrected chi connectivity index (χ2v) is 0.471. The first kappa shape index (κ1) is 10.3. The Labute approximate surface area is 73.0 Å². The van der Waals surface area contributed by atoms with E-state index >= 15 is 0 Å². The molecule has 0 amide bonds. The molecule has 2 heteroatoms. The van der Waals surface area contributed by atoms with Gasteiger partial charge in [0.1, 0.15) is 0 Å². The van der Waals surface area contributed by atoms with Gasteiger partial charge in [-0.05, 0) is 0 Å². The summed E-state index contributed by atoms with van der Waals surface area (Å²) < 4.78 is 2.19. The fourth-order valence-electron chi connectivity index (χ4n) is 0. The van der Waals surface area contributed by atoms with Gasteiger partial charge in [-0.15, -0.1) is 6.58 Å². The van der Waals surface area contributed by atoms with E-state index in [1.165, 1.54) is 6.08 Å². The van der Waals surface area contributed by atoms with Gasteiger partial charge in [0.15, 0.2) is 0 Å². The van der Waals surface area contributed by atoms with Crippen LogP contribution in [0.15, 0.2) is 12.7 Å². The third-order valence-corrected chi connectivity index (χ3v) is 0.129. The average molecular weight is 112 g/mol. The first-order chi connectivity index (χ1) is 2.91. The van der Waals surface area contributed by atoms with E-state index in [-0.39, 0.29) is 6.61 Å². The summed E-state index contributed by atoms with van der Waals surface area (Å²) in [5.41, 5.74) is 0. The zero-order chi connectivity index (χ0) is 5.41. The van der Waals surface area contributed by atoms with E-state index in [0.29, 0.717) is 0 Å². The molecule has 0 aliphatic heterocycles. The van der Waals surface area contributed by atoms with Crippen molar-refractivity contribution in [3.63, 3.8) is 0 Å². The molecule has 0 spiro atoms. The summed E-state index contributed by atoms with van der Waals surface area (Å²) in [4.78, 5) is 0. The van der Waals surface area contributed by atoms with Gasteiger partial charge in [-0.1, -0.05) is 6.08 Å². The Morgan fingerprint density at radius 3 is 2.00 bits per heavy atom. The van der Waals surface area contributed by atoms with Gasteiger partial charge in [0.2, 0.25) is 0 Å². The number of hydrogen-bond donors (Lipinski definition) is 1. The molecule has 0 rings (SSSR count). The molecule has 0 saturated heterocycles. The van der Waals surface area contributed by atoms with Crippen LogP contribution in [0.3, 0.4) is 0 Å². The Hall–Kier alpha value is 1.34. The van der Waals surface area contributed by atoms with E-state index in [1.807, 2.05) is 0 Å². The van der Waals surface area contributed by atoms with Gasteiger partial charge >= 0.3 is 50.0 Å². The van der Waals surface area contributed by atoms with Crippen LogP contribution in [0.5, 0.6) is 0 Å². The summed E-state index contributed by atoms with van der Waals surface area (Å²) >= 11 is 1.06. The van der Waals surface area contributed by atoms with Gasteiger partial charge < -0.3 is 5.11 Å². The SMILES string of the molecule is C=CCO.[CH3][K]. The fourth-order valence-corrected chi connectivity index (χ4v) is 0. The molecule has 0 radical (unpaired) electrons.